The Morgan fingerprint density at radius 3 is 2.71 bits per heavy atom. The number of nitrogens with zero attached hydrogens (tertiary/aromatic N) is 1. The van der Waals surface area contributed by atoms with E-state index in [1.807, 2.05) is 0 Å². The predicted molar refractivity (Wildman–Crippen MR) is 73.4 cm³/mol. The van der Waals surface area contributed by atoms with Gasteiger partial charge in [0.2, 0.25) is 0 Å². The van der Waals surface area contributed by atoms with Crippen LogP contribution < -0.4 is 5.32 Å². The maximum atomic E-state index is 5.60. The van der Waals surface area contributed by atoms with Gasteiger partial charge >= 0.3 is 0 Å². The number of morpholine rings is 1. The molecule has 0 aromatic heterocycles. The summed E-state index contributed by atoms with van der Waals surface area (Å²) in [5.74, 6) is 0. The molecule has 1 aliphatic rings. The number of rotatable bonds is 7. The van der Waals surface area contributed by atoms with Gasteiger partial charge in [-0.3, -0.25) is 4.90 Å². The molecule has 1 fully saturated rings. The van der Waals surface area contributed by atoms with Crippen LogP contribution in [-0.2, 0) is 4.74 Å². The second-order valence-electron chi connectivity index (χ2n) is 5.38. The molecule has 1 aliphatic heterocycles. The monoisotopic (exact) mass is 242 g/mol. The van der Waals surface area contributed by atoms with E-state index in [4.69, 9.17) is 4.74 Å². The van der Waals surface area contributed by atoms with Crippen molar-refractivity contribution >= 4 is 0 Å². The SMILES string of the molecule is CCCC(CNC(C)C)N1CCOCC1CC. The highest BCUT2D eigenvalue weighted by molar-refractivity contribution is 4.82. The summed E-state index contributed by atoms with van der Waals surface area (Å²) in [5, 5.41) is 3.59. The Morgan fingerprint density at radius 2 is 2.12 bits per heavy atom. The first-order chi connectivity index (χ1) is 8.19. The fraction of sp³-hybridized carbons (Fsp3) is 1.00. The number of nitrogens with one attached hydrogen (secondary N) is 1. The maximum absolute atomic E-state index is 5.60. The maximum Gasteiger partial charge on any atom is 0.0622 e. The third-order valence-electron chi connectivity index (χ3n) is 3.60. The van der Waals surface area contributed by atoms with Crippen molar-refractivity contribution in [3.63, 3.8) is 0 Å². The zero-order chi connectivity index (χ0) is 12.7. The van der Waals surface area contributed by atoms with Gasteiger partial charge in [0.25, 0.3) is 0 Å². The van der Waals surface area contributed by atoms with E-state index in [1.54, 1.807) is 0 Å². The van der Waals surface area contributed by atoms with Gasteiger partial charge in [-0.1, -0.05) is 34.1 Å². The normalized spacial score (nSPS) is 24.2. The lowest BCUT2D eigenvalue weighted by Crippen LogP contribution is -2.54. The van der Waals surface area contributed by atoms with Crippen LogP contribution in [0.25, 0.3) is 0 Å². The Morgan fingerprint density at radius 1 is 1.35 bits per heavy atom. The Hall–Kier alpha value is -0.120. The van der Waals surface area contributed by atoms with Crippen LogP contribution in [0.1, 0.15) is 47.0 Å². The first-order valence-corrected chi connectivity index (χ1v) is 7.25. The second-order valence-corrected chi connectivity index (χ2v) is 5.38. The molecule has 0 radical (unpaired) electrons. The molecule has 17 heavy (non-hydrogen) atoms. The molecule has 0 amide bonds. The first kappa shape index (κ1) is 14.9. The van der Waals surface area contributed by atoms with E-state index in [2.05, 4.69) is 37.9 Å². The van der Waals surface area contributed by atoms with Crippen LogP contribution in [0.4, 0.5) is 0 Å². The van der Waals surface area contributed by atoms with Crippen molar-refractivity contribution in [3.8, 4) is 0 Å². The lowest BCUT2D eigenvalue weighted by atomic mass is 10.0. The van der Waals surface area contributed by atoms with Crippen molar-refractivity contribution in [2.75, 3.05) is 26.3 Å². The van der Waals surface area contributed by atoms with Gasteiger partial charge in [-0.15, -0.1) is 0 Å². The minimum Gasteiger partial charge on any atom is -0.378 e. The summed E-state index contributed by atoms with van der Waals surface area (Å²) in [6.07, 6.45) is 3.75. The van der Waals surface area contributed by atoms with E-state index < -0.39 is 0 Å². The largest absolute Gasteiger partial charge is 0.378 e. The molecule has 1 saturated heterocycles. The van der Waals surface area contributed by atoms with Crippen molar-refractivity contribution in [3.05, 3.63) is 0 Å². The summed E-state index contributed by atoms with van der Waals surface area (Å²) >= 11 is 0. The van der Waals surface area contributed by atoms with Crippen molar-refractivity contribution in [1.29, 1.82) is 0 Å². The van der Waals surface area contributed by atoms with Crippen molar-refractivity contribution in [2.45, 2.75) is 65.1 Å². The van der Waals surface area contributed by atoms with Crippen molar-refractivity contribution in [1.82, 2.24) is 10.2 Å². The molecule has 1 N–H and O–H groups in total. The quantitative estimate of drug-likeness (QED) is 0.741. The average molecular weight is 242 g/mol. The molecule has 0 aromatic rings. The van der Waals surface area contributed by atoms with E-state index >= 15 is 0 Å². The predicted octanol–water partition coefficient (Wildman–Crippen LogP) is 2.26. The summed E-state index contributed by atoms with van der Waals surface area (Å²) in [5.41, 5.74) is 0. The van der Waals surface area contributed by atoms with Crippen LogP contribution >= 0.6 is 0 Å². The molecule has 1 heterocycles. The summed E-state index contributed by atoms with van der Waals surface area (Å²) in [4.78, 5) is 2.67. The minimum absolute atomic E-state index is 0.579. The molecule has 0 aliphatic carbocycles. The highest BCUT2D eigenvalue weighted by atomic mass is 16.5. The first-order valence-electron chi connectivity index (χ1n) is 7.25. The Kier molecular flexibility index (Phi) is 7.09. The van der Waals surface area contributed by atoms with Crippen LogP contribution in [-0.4, -0.2) is 49.3 Å². The van der Waals surface area contributed by atoms with Gasteiger partial charge in [-0.25, -0.2) is 0 Å². The fourth-order valence-electron chi connectivity index (χ4n) is 2.59. The van der Waals surface area contributed by atoms with Crippen LogP contribution in [0.5, 0.6) is 0 Å². The Bertz CT molecular complexity index is 197. The zero-order valence-corrected chi connectivity index (χ0v) is 12.0. The fourth-order valence-corrected chi connectivity index (χ4v) is 2.59. The summed E-state index contributed by atoms with van der Waals surface area (Å²) in [7, 11) is 0. The lowest BCUT2D eigenvalue weighted by molar-refractivity contribution is -0.0317. The van der Waals surface area contributed by atoms with E-state index in [9.17, 15) is 0 Å². The molecule has 102 valence electrons. The lowest BCUT2D eigenvalue weighted by Gasteiger charge is -2.41. The Labute approximate surface area is 107 Å². The summed E-state index contributed by atoms with van der Waals surface area (Å²) in [6, 6.07) is 1.88. The number of hydrogen-bond donors (Lipinski definition) is 1. The molecule has 3 heteroatoms. The van der Waals surface area contributed by atoms with Crippen LogP contribution in [0.2, 0.25) is 0 Å². The zero-order valence-electron chi connectivity index (χ0n) is 12.0. The molecule has 2 unspecified atom stereocenters. The van der Waals surface area contributed by atoms with Gasteiger partial charge in [-0.05, 0) is 12.8 Å². The molecular weight excluding hydrogens is 212 g/mol. The van der Waals surface area contributed by atoms with Crippen molar-refractivity contribution in [2.24, 2.45) is 0 Å². The highest BCUT2D eigenvalue weighted by Crippen LogP contribution is 2.17. The van der Waals surface area contributed by atoms with E-state index in [-0.39, 0.29) is 0 Å². The van der Waals surface area contributed by atoms with E-state index in [1.165, 1.54) is 19.3 Å². The number of hydrogen-bond acceptors (Lipinski definition) is 3. The van der Waals surface area contributed by atoms with Gasteiger partial charge in [0.1, 0.15) is 0 Å². The van der Waals surface area contributed by atoms with E-state index in [0.717, 1.165) is 26.3 Å². The van der Waals surface area contributed by atoms with E-state index in [0.29, 0.717) is 18.1 Å². The minimum atomic E-state index is 0.579. The third-order valence-corrected chi connectivity index (χ3v) is 3.60. The van der Waals surface area contributed by atoms with Gasteiger partial charge < -0.3 is 10.1 Å². The summed E-state index contributed by atoms with van der Waals surface area (Å²) in [6.45, 7) is 13.0. The summed E-state index contributed by atoms with van der Waals surface area (Å²) < 4.78 is 5.60. The van der Waals surface area contributed by atoms with Crippen molar-refractivity contribution < 1.29 is 4.74 Å². The molecule has 0 spiro atoms. The molecular formula is C14H30N2O. The molecule has 1 rings (SSSR count). The number of ether oxygens (including phenoxy) is 1. The highest BCUT2D eigenvalue weighted by Gasteiger charge is 2.27. The molecule has 0 aromatic carbocycles. The Balaban J connectivity index is 2.53. The van der Waals surface area contributed by atoms with Gasteiger partial charge in [0.15, 0.2) is 0 Å². The standard InChI is InChI=1S/C14H30N2O/c1-5-7-14(10-15-12(3)4)16-8-9-17-11-13(16)6-2/h12-15H,5-11H2,1-4H3. The second kappa shape index (κ2) is 8.06. The topological polar surface area (TPSA) is 24.5 Å². The van der Waals surface area contributed by atoms with Gasteiger partial charge in [0, 0.05) is 31.2 Å². The molecule has 0 saturated carbocycles. The van der Waals surface area contributed by atoms with Crippen LogP contribution in [0.3, 0.4) is 0 Å². The third kappa shape index (κ3) is 4.94. The average Bonchev–Trinajstić information content (AvgIpc) is 2.34. The molecule has 3 nitrogen and oxygen atoms in total. The van der Waals surface area contributed by atoms with Crippen LogP contribution in [0, 0.1) is 0 Å². The van der Waals surface area contributed by atoms with Gasteiger partial charge in [0.05, 0.1) is 13.2 Å². The molecule has 2 atom stereocenters. The smallest absolute Gasteiger partial charge is 0.0622 e. The van der Waals surface area contributed by atoms with Gasteiger partial charge in [-0.2, -0.15) is 0 Å². The van der Waals surface area contributed by atoms with Crippen LogP contribution in [0.15, 0.2) is 0 Å². The molecule has 0 bridgehead atoms.